The molecule has 0 atom stereocenters. The third-order valence-electron chi connectivity index (χ3n) is 3.93. The van der Waals surface area contributed by atoms with Crippen LogP contribution in [0, 0.1) is 6.92 Å². The number of allylic oxidation sites excluding steroid dienone is 4. The fourth-order valence-electron chi connectivity index (χ4n) is 3.12. The summed E-state index contributed by atoms with van der Waals surface area (Å²) in [4.78, 5) is 0. The van der Waals surface area contributed by atoms with Gasteiger partial charge in [0.05, 0.1) is 16.6 Å². The highest BCUT2D eigenvalue weighted by Crippen LogP contribution is 2.14. The van der Waals surface area contributed by atoms with E-state index in [2.05, 4.69) is 49.8 Å². The van der Waals surface area contributed by atoms with Gasteiger partial charge < -0.3 is 4.40 Å². The summed E-state index contributed by atoms with van der Waals surface area (Å²) in [7, 11) is 0. The van der Waals surface area contributed by atoms with Gasteiger partial charge in [0.2, 0.25) is 0 Å². The molecule has 0 saturated carbocycles. The minimum absolute atomic E-state index is 1.08. The topological polar surface area (TPSA) is 4.41 Å². The molecule has 1 heteroatoms. The van der Waals surface area contributed by atoms with Crippen molar-refractivity contribution >= 4 is 35.9 Å². The first-order chi connectivity index (χ1) is 11.2. The van der Waals surface area contributed by atoms with Crippen LogP contribution in [0.4, 0.5) is 0 Å². The van der Waals surface area contributed by atoms with Gasteiger partial charge >= 0.3 is 0 Å². The zero-order valence-electron chi connectivity index (χ0n) is 14.0. The SMILES string of the molecule is C=C/C=c1/c(C)c2/c(=C\C=C)c(/C=C\C)c(C=C)n2/c1=C/C=C. The maximum absolute atomic E-state index is 4.02. The molecule has 0 spiro atoms. The number of nitrogens with zero attached hydrogens (tertiary/aromatic N) is 1. The van der Waals surface area contributed by atoms with Gasteiger partial charge in [-0.2, -0.15) is 0 Å². The molecule has 0 N–H and O–H groups in total. The second kappa shape index (κ2) is 6.97. The van der Waals surface area contributed by atoms with Crippen LogP contribution in [0.5, 0.6) is 0 Å². The third-order valence-corrected chi connectivity index (χ3v) is 3.93. The maximum Gasteiger partial charge on any atom is 0.0577 e. The summed E-state index contributed by atoms with van der Waals surface area (Å²) in [5, 5.41) is 3.41. The monoisotopic (exact) mass is 301 g/mol. The Kier molecular flexibility index (Phi) is 5.02. The Morgan fingerprint density at radius 1 is 0.870 bits per heavy atom. The van der Waals surface area contributed by atoms with E-state index in [1.807, 2.05) is 49.5 Å². The maximum atomic E-state index is 4.02. The molecular weight excluding hydrogens is 278 g/mol. The van der Waals surface area contributed by atoms with E-state index in [0.717, 1.165) is 27.0 Å². The van der Waals surface area contributed by atoms with E-state index in [1.54, 1.807) is 0 Å². The van der Waals surface area contributed by atoms with Crippen molar-refractivity contribution in [3.05, 3.63) is 83.2 Å². The van der Waals surface area contributed by atoms with Crippen LogP contribution in [-0.4, -0.2) is 4.40 Å². The van der Waals surface area contributed by atoms with Crippen molar-refractivity contribution in [3.63, 3.8) is 0 Å². The van der Waals surface area contributed by atoms with Crippen LogP contribution in [0.15, 0.2) is 50.6 Å². The highest BCUT2D eigenvalue weighted by atomic mass is 14.9. The molecule has 2 aromatic rings. The van der Waals surface area contributed by atoms with Crippen LogP contribution in [0.3, 0.4) is 0 Å². The molecule has 0 fully saturated rings. The fraction of sp³-hybridized carbons (Fsp3) is 0.0909. The van der Waals surface area contributed by atoms with E-state index in [4.69, 9.17) is 0 Å². The Hall–Kier alpha value is -2.80. The number of hydrogen-bond donors (Lipinski definition) is 0. The van der Waals surface area contributed by atoms with Crippen molar-refractivity contribution in [1.29, 1.82) is 0 Å². The molecule has 2 rings (SSSR count). The lowest BCUT2D eigenvalue weighted by Gasteiger charge is -1.96. The van der Waals surface area contributed by atoms with E-state index in [-0.39, 0.29) is 0 Å². The van der Waals surface area contributed by atoms with Gasteiger partial charge in [-0.25, -0.2) is 0 Å². The predicted octanol–water partition coefficient (Wildman–Crippen LogP) is 3.54. The van der Waals surface area contributed by atoms with Crippen molar-refractivity contribution in [3.8, 4) is 0 Å². The summed E-state index contributed by atoms with van der Waals surface area (Å²) in [6.45, 7) is 19.7. The van der Waals surface area contributed by atoms with Gasteiger partial charge in [-0.3, -0.25) is 0 Å². The molecular formula is C22H23N. The standard InChI is InChI=1S/C22H23N/c1-7-12-17-16(6)22-19(14-9-3)18(13-8-2)20(11-5)23(22)21(17)15-10-4/h7-15H,1,3-5H2,2,6H3/b13-8-,17-12-,19-14-,21-15+. The molecule has 0 saturated heterocycles. The molecule has 2 heterocycles. The van der Waals surface area contributed by atoms with Gasteiger partial charge in [0, 0.05) is 16.0 Å². The lowest BCUT2D eigenvalue weighted by molar-refractivity contribution is 1.14. The Morgan fingerprint density at radius 2 is 1.48 bits per heavy atom. The fourth-order valence-corrected chi connectivity index (χ4v) is 3.12. The first-order valence-corrected chi connectivity index (χ1v) is 7.66. The summed E-state index contributed by atoms with van der Waals surface area (Å²) in [6, 6.07) is 0. The molecule has 0 bridgehead atoms. The van der Waals surface area contributed by atoms with Gasteiger partial charge in [0.15, 0.2) is 0 Å². The Bertz CT molecular complexity index is 991. The quantitative estimate of drug-likeness (QED) is 0.795. The van der Waals surface area contributed by atoms with Crippen LogP contribution in [-0.2, 0) is 0 Å². The second-order valence-corrected chi connectivity index (χ2v) is 5.23. The number of rotatable bonds is 5. The molecule has 0 unspecified atom stereocenters. The summed E-state index contributed by atoms with van der Waals surface area (Å²) in [6.07, 6.45) is 17.7. The predicted molar refractivity (Wildman–Crippen MR) is 105 cm³/mol. The molecule has 0 aromatic carbocycles. The lowest BCUT2D eigenvalue weighted by Crippen LogP contribution is -2.27. The number of fused-ring (bicyclic) bond motifs is 1. The zero-order valence-corrected chi connectivity index (χ0v) is 14.0. The highest BCUT2D eigenvalue weighted by molar-refractivity contribution is 5.77. The van der Waals surface area contributed by atoms with Gasteiger partial charge in [0.25, 0.3) is 0 Å². The van der Waals surface area contributed by atoms with Crippen LogP contribution >= 0.6 is 0 Å². The molecule has 0 aliphatic rings. The molecule has 0 amide bonds. The molecule has 116 valence electrons. The summed E-state index contributed by atoms with van der Waals surface area (Å²) in [5.74, 6) is 0. The molecule has 2 aromatic heterocycles. The smallest absolute Gasteiger partial charge is 0.0577 e. The summed E-state index contributed by atoms with van der Waals surface area (Å²) < 4.78 is 2.24. The third kappa shape index (κ3) is 2.55. The Morgan fingerprint density at radius 3 is 2.00 bits per heavy atom. The molecule has 0 aliphatic heterocycles. The lowest BCUT2D eigenvalue weighted by atomic mass is 10.1. The first-order valence-electron chi connectivity index (χ1n) is 7.66. The zero-order chi connectivity index (χ0) is 17.0. The Labute approximate surface area is 137 Å². The average molecular weight is 301 g/mol. The largest absolute Gasteiger partial charge is 0.308 e. The van der Waals surface area contributed by atoms with Gasteiger partial charge in [0.1, 0.15) is 0 Å². The van der Waals surface area contributed by atoms with Crippen molar-refractivity contribution in [1.82, 2.24) is 4.40 Å². The summed E-state index contributed by atoms with van der Waals surface area (Å²) in [5.41, 5.74) is 4.62. The van der Waals surface area contributed by atoms with Gasteiger partial charge in [-0.05, 0) is 31.6 Å². The van der Waals surface area contributed by atoms with Crippen LogP contribution in [0.25, 0.3) is 35.9 Å². The van der Waals surface area contributed by atoms with Crippen molar-refractivity contribution in [2.75, 3.05) is 0 Å². The van der Waals surface area contributed by atoms with E-state index in [0.29, 0.717) is 0 Å². The highest BCUT2D eigenvalue weighted by Gasteiger charge is 2.15. The Balaban J connectivity index is 3.34. The van der Waals surface area contributed by atoms with E-state index < -0.39 is 0 Å². The molecule has 1 nitrogen and oxygen atoms in total. The minimum Gasteiger partial charge on any atom is -0.308 e. The van der Waals surface area contributed by atoms with Crippen LogP contribution < -0.4 is 15.8 Å². The van der Waals surface area contributed by atoms with Crippen molar-refractivity contribution in [2.24, 2.45) is 0 Å². The number of hydrogen-bond acceptors (Lipinski definition) is 0. The van der Waals surface area contributed by atoms with Gasteiger partial charge in [-0.15, -0.1) is 0 Å². The van der Waals surface area contributed by atoms with E-state index >= 15 is 0 Å². The molecule has 0 radical (unpaired) electrons. The first kappa shape index (κ1) is 16.6. The summed E-state index contributed by atoms with van der Waals surface area (Å²) >= 11 is 0. The second-order valence-electron chi connectivity index (χ2n) is 5.23. The minimum atomic E-state index is 1.08. The molecule has 23 heavy (non-hydrogen) atoms. The van der Waals surface area contributed by atoms with Crippen molar-refractivity contribution in [2.45, 2.75) is 13.8 Å². The van der Waals surface area contributed by atoms with E-state index in [1.165, 1.54) is 11.1 Å². The van der Waals surface area contributed by atoms with Gasteiger partial charge in [-0.1, -0.05) is 68.8 Å². The average Bonchev–Trinajstić information content (AvgIpc) is 2.97. The normalized spacial score (nSPS) is 14.1. The van der Waals surface area contributed by atoms with Crippen LogP contribution in [0.2, 0.25) is 0 Å². The van der Waals surface area contributed by atoms with Crippen LogP contribution in [0.1, 0.15) is 23.7 Å². The molecule has 0 aliphatic carbocycles. The van der Waals surface area contributed by atoms with Crippen molar-refractivity contribution < 1.29 is 0 Å². The van der Waals surface area contributed by atoms with E-state index in [9.17, 15) is 0 Å². The number of aryl methyl sites for hydroxylation is 1. The number of aromatic nitrogens is 1.